The Balaban J connectivity index is 2.28. The molecule has 2 aromatic rings. The van der Waals surface area contributed by atoms with Crippen molar-refractivity contribution in [3.8, 4) is 0 Å². The molecule has 1 N–H and O–H groups in total. The number of hydrogen-bond acceptors (Lipinski definition) is 3. The lowest BCUT2D eigenvalue weighted by atomic mass is 10.2. The molecule has 2 heterocycles. The number of hydrogen-bond donors (Lipinski definition) is 1. The molecule has 0 bridgehead atoms. The Morgan fingerprint density at radius 1 is 1.67 bits per heavy atom. The van der Waals surface area contributed by atoms with E-state index < -0.39 is 5.97 Å². The number of imidazole rings is 1. The molecule has 2 rings (SSSR count). The van der Waals surface area contributed by atoms with E-state index in [1.807, 2.05) is 11.5 Å². The second kappa shape index (κ2) is 3.61. The summed E-state index contributed by atoms with van der Waals surface area (Å²) in [5.41, 5.74) is 0.642. The van der Waals surface area contributed by atoms with Crippen LogP contribution in [0.15, 0.2) is 29.1 Å². The fraction of sp³-hybridized carbons (Fsp3) is 0.200. The Kier molecular flexibility index (Phi) is 2.29. The second-order valence-corrected chi connectivity index (χ2v) is 3.18. The summed E-state index contributed by atoms with van der Waals surface area (Å²) in [6.07, 6.45) is 4.86. The van der Waals surface area contributed by atoms with Gasteiger partial charge in [0.1, 0.15) is 5.82 Å². The van der Waals surface area contributed by atoms with Crippen LogP contribution in [0.4, 0.5) is 0 Å². The van der Waals surface area contributed by atoms with Crippen LogP contribution >= 0.6 is 0 Å². The fourth-order valence-corrected chi connectivity index (χ4v) is 1.40. The van der Waals surface area contributed by atoms with Gasteiger partial charge in [0, 0.05) is 18.0 Å². The minimum Gasteiger partial charge on any atom is -0.475 e. The lowest BCUT2D eigenvalue weighted by molar-refractivity contribution is 0.0660. The van der Waals surface area contributed by atoms with Gasteiger partial charge in [-0.1, -0.05) is 0 Å². The zero-order chi connectivity index (χ0) is 10.8. The monoisotopic (exact) mass is 206 g/mol. The van der Waals surface area contributed by atoms with E-state index in [9.17, 15) is 4.79 Å². The molecule has 0 atom stereocenters. The van der Waals surface area contributed by atoms with Crippen molar-refractivity contribution in [3.63, 3.8) is 0 Å². The van der Waals surface area contributed by atoms with Gasteiger partial charge in [-0.2, -0.15) is 0 Å². The van der Waals surface area contributed by atoms with Crippen LogP contribution in [0.2, 0.25) is 0 Å². The van der Waals surface area contributed by atoms with Gasteiger partial charge in [0.25, 0.3) is 0 Å². The van der Waals surface area contributed by atoms with Gasteiger partial charge < -0.3 is 14.1 Å². The van der Waals surface area contributed by atoms with Crippen molar-refractivity contribution in [2.75, 3.05) is 0 Å². The van der Waals surface area contributed by atoms with E-state index in [-0.39, 0.29) is 5.76 Å². The molecule has 5 nitrogen and oxygen atoms in total. The molecular formula is C10H10N2O3. The highest BCUT2D eigenvalue weighted by molar-refractivity contribution is 5.86. The molecular weight excluding hydrogens is 196 g/mol. The number of aromatic nitrogens is 2. The molecule has 0 saturated carbocycles. The van der Waals surface area contributed by atoms with Crippen LogP contribution in [-0.2, 0) is 6.54 Å². The smallest absolute Gasteiger partial charge is 0.372 e. The summed E-state index contributed by atoms with van der Waals surface area (Å²) < 4.78 is 6.74. The fourth-order valence-electron chi connectivity index (χ4n) is 1.40. The first-order chi connectivity index (χ1) is 7.18. The van der Waals surface area contributed by atoms with Crippen LogP contribution in [0.25, 0.3) is 0 Å². The quantitative estimate of drug-likeness (QED) is 0.826. The molecule has 0 amide bonds. The predicted molar refractivity (Wildman–Crippen MR) is 51.7 cm³/mol. The van der Waals surface area contributed by atoms with Crippen molar-refractivity contribution < 1.29 is 14.3 Å². The zero-order valence-corrected chi connectivity index (χ0v) is 8.17. The maximum atomic E-state index is 10.8. The molecule has 78 valence electrons. The Morgan fingerprint density at radius 2 is 2.47 bits per heavy atom. The van der Waals surface area contributed by atoms with Gasteiger partial charge in [0.15, 0.2) is 0 Å². The normalized spacial score (nSPS) is 10.5. The van der Waals surface area contributed by atoms with Gasteiger partial charge in [-0.05, 0) is 13.0 Å². The Bertz CT molecular complexity index is 484. The van der Waals surface area contributed by atoms with Crippen molar-refractivity contribution in [2.45, 2.75) is 13.5 Å². The maximum absolute atomic E-state index is 10.8. The first-order valence-corrected chi connectivity index (χ1v) is 4.46. The number of carboxylic acid groups (broad SMARTS) is 1. The number of furan rings is 1. The van der Waals surface area contributed by atoms with Gasteiger partial charge in [0.05, 0.1) is 12.8 Å². The maximum Gasteiger partial charge on any atom is 0.372 e. The van der Waals surface area contributed by atoms with Gasteiger partial charge in [-0.15, -0.1) is 0 Å². The highest BCUT2D eigenvalue weighted by Gasteiger charge is 2.14. The van der Waals surface area contributed by atoms with E-state index >= 15 is 0 Å². The van der Waals surface area contributed by atoms with Gasteiger partial charge >= 0.3 is 5.97 Å². The van der Waals surface area contributed by atoms with Crippen molar-refractivity contribution in [2.24, 2.45) is 0 Å². The van der Waals surface area contributed by atoms with Crippen LogP contribution in [0.5, 0.6) is 0 Å². The summed E-state index contributed by atoms with van der Waals surface area (Å²) in [5.74, 6) is -0.219. The van der Waals surface area contributed by atoms with E-state index in [0.29, 0.717) is 12.1 Å². The number of nitrogens with zero attached hydrogens (tertiary/aromatic N) is 2. The Labute approximate surface area is 86.0 Å². The molecule has 0 aliphatic heterocycles. The molecule has 0 radical (unpaired) electrons. The molecule has 0 aliphatic carbocycles. The molecule has 0 aliphatic rings. The van der Waals surface area contributed by atoms with E-state index in [1.165, 1.54) is 6.26 Å². The summed E-state index contributed by atoms with van der Waals surface area (Å²) in [7, 11) is 0. The first kappa shape index (κ1) is 9.51. The second-order valence-electron chi connectivity index (χ2n) is 3.18. The summed E-state index contributed by atoms with van der Waals surface area (Å²) in [5, 5.41) is 8.83. The van der Waals surface area contributed by atoms with Crippen molar-refractivity contribution in [3.05, 3.63) is 41.9 Å². The Hall–Kier alpha value is -2.04. The standard InChI is InChI=1S/C10H10N2O3/c1-7-11-3-4-12(7)6-8-2-5-15-9(8)10(13)14/h2-5H,6H2,1H3,(H,13,14). The first-order valence-electron chi connectivity index (χ1n) is 4.46. The van der Waals surface area contributed by atoms with Gasteiger partial charge in [0.2, 0.25) is 5.76 Å². The third-order valence-corrected chi connectivity index (χ3v) is 2.21. The van der Waals surface area contributed by atoms with E-state index in [4.69, 9.17) is 9.52 Å². The molecule has 0 unspecified atom stereocenters. The SMILES string of the molecule is Cc1nccn1Cc1ccoc1C(=O)O. The third-order valence-electron chi connectivity index (χ3n) is 2.21. The number of rotatable bonds is 3. The molecule has 2 aromatic heterocycles. The summed E-state index contributed by atoms with van der Waals surface area (Å²) in [6.45, 7) is 2.32. The highest BCUT2D eigenvalue weighted by Crippen LogP contribution is 2.13. The van der Waals surface area contributed by atoms with E-state index in [1.54, 1.807) is 18.5 Å². The average molecular weight is 206 g/mol. The van der Waals surface area contributed by atoms with Crippen molar-refractivity contribution in [1.82, 2.24) is 9.55 Å². The molecule has 5 heteroatoms. The third kappa shape index (κ3) is 1.76. The number of aromatic carboxylic acids is 1. The summed E-state index contributed by atoms with van der Waals surface area (Å²) >= 11 is 0. The van der Waals surface area contributed by atoms with Gasteiger partial charge in [-0.3, -0.25) is 0 Å². The predicted octanol–water partition coefficient (Wildman–Crippen LogP) is 1.53. The lowest BCUT2D eigenvalue weighted by Gasteiger charge is -2.02. The van der Waals surface area contributed by atoms with Gasteiger partial charge in [-0.25, -0.2) is 9.78 Å². The van der Waals surface area contributed by atoms with E-state index in [2.05, 4.69) is 4.98 Å². The number of carbonyl (C=O) groups is 1. The average Bonchev–Trinajstić information content (AvgIpc) is 2.77. The number of aryl methyl sites for hydroxylation is 1. The van der Waals surface area contributed by atoms with Crippen LogP contribution in [0.1, 0.15) is 21.9 Å². The summed E-state index contributed by atoms with van der Waals surface area (Å²) in [4.78, 5) is 14.8. The van der Waals surface area contributed by atoms with E-state index in [0.717, 1.165) is 5.82 Å². The van der Waals surface area contributed by atoms with Crippen LogP contribution < -0.4 is 0 Å². The molecule has 15 heavy (non-hydrogen) atoms. The largest absolute Gasteiger partial charge is 0.475 e. The lowest BCUT2D eigenvalue weighted by Crippen LogP contribution is -2.05. The van der Waals surface area contributed by atoms with Crippen LogP contribution in [0.3, 0.4) is 0 Å². The number of carboxylic acids is 1. The highest BCUT2D eigenvalue weighted by atomic mass is 16.4. The molecule has 0 saturated heterocycles. The zero-order valence-electron chi connectivity index (χ0n) is 8.17. The van der Waals surface area contributed by atoms with Crippen molar-refractivity contribution >= 4 is 5.97 Å². The topological polar surface area (TPSA) is 68.3 Å². The summed E-state index contributed by atoms with van der Waals surface area (Å²) in [6, 6.07) is 1.66. The van der Waals surface area contributed by atoms with Crippen LogP contribution in [-0.4, -0.2) is 20.6 Å². The Morgan fingerprint density at radius 3 is 3.07 bits per heavy atom. The molecule has 0 aromatic carbocycles. The minimum absolute atomic E-state index is 0.0110. The molecule has 0 spiro atoms. The minimum atomic E-state index is -1.05. The van der Waals surface area contributed by atoms with Crippen molar-refractivity contribution in [1.29, 1.82) is 0 Å². The molecule has 0 fully saturated rings. The van der Waals surface area contributed by atoms with Crippen LogP contribution in [0, 0.1) is 6.92 Å².